The van der Waals surface area contributed by atoms with Crippen LogP contribution in [0.15, 0.2) is 30.3 Å². The maximum atomic E-state index is 5.74. The molecule has 0 saturated heterocycles. The molecule has 1 aromatic carbocycles. The Balaban J connectivity index is 2.25. The second-order valence-corrected chi connectivity index (χ2v) is 5.50. The van der Waals surface area contributed by atoms with E-state index in [1.807, 2.05) is 0 Å². The molecule has 1 aromatic rings. The lowest BCUT2D eigenvalue weighted by molar-refractivity contribution is 0.0929. The second-order valence-electron chi connectivity index (χ2n) is 5.50. The van der Waals surface area contributed by atoms with Crippen LogP contribution in [0.25, 0.3) is 0 Å². The van der Waals surface area contributed by atoms with E-state index in [0.29, 0.717) is 6.04 Å². The second kappa shape index (κ2) is 7.06. The standard InChI is InChI=1S/C17H27NO/c1-3-18-16(14-19-4-2)17(12-8-9-13-17)15-10-6-5-7-11-15/h5-7,10-11,16,18H,3-4,8-9,12-14H2,1-2H3. The zero-order valence-electron chi connectivity index (χ0n) is 12.3. The van der Waals surface area contributed by atoms with Crippen molar-refractivity contribution < 1.29 is 4.74 Å². The molecule has 0 bridgehead atoms. The topological polar surface area (TPSA) is 21.3 Å². The number of hydrogen-bond acceptors (Lipinski definition) is 2. The zero-order valence-corrected chi connectivity index (χ0v) is 12.3. The lowest BCUT2D eigenvalue weighted by Crippen LogP contribution is -2.50. The minimum Gasteiger partial charge on any atom is -0.380 e. The maximum absolute atomic E-state index is 5.74. The number of hydrogen-bond donors (Lipinski definition) is 1. The van der Waals surface area contributed by atoms with E-state index < -0.39 is 0 Å². The van der Waals surface area contributed by atoms with E-state index in [1.165, 1.54) is 31.2 Å². The van der Waals surface area contributed by atoms with Crippen LogP contribution >= 0.6 is 0 Å². The summed E-state index contributed by atoms with van der Waals surface area (Å²) in [5.41, 5.74) is 1.75. The molecule has 1 aliphatic carbocycles. The van der Waals surface area contributed by atoms with Gasteiger partial charge in [-0.3, -0.25) is 0 Å². The van der Waals surface area contributed by atoms with Crippen LogP contribution in [0.1, 0.15) is 45.1 Å². The molecule has 2 rings (SSSR count). The first kappa shape index (κ1) is 14.5. The van der Waals surface area contributed by atoms with Gasteiger partial charge in [-0.05, 0) is 31.9 Å². The van der Waals surface area contributed by atoms with E-state index in [9.17, 15) is 0 Å². The van der Waals surface area contributed by atoms with Gasteiger partial charge in [0.25, 0.3) is 0 Å². The third kappa shape index (κ3) is 3.18. The summed E-state index contributed by atoms with van der Waals surface area (Å²) in [5.74, 6) is 0. The Kier molecular flexibility index (Phi) is 5.41. The van der Waals surface area contributed by atoms with Gasteiger partial charge in [0, 0.05) is 18.1 Å². The van der Waals surface area contributed by atoms with Crippen LogP contribution in [0, 0.1) is 0 Å². The molecular weight excluding hydrogens is 234 g/mol. The summed E-state index contributed by atoms with van der Waals surface area (Å²) >= 11 is 0. The summed E-state index contributed by atoms with van der Waals surface area (Å²) in [4.78, 5) is 0. The van der Waals surface area contributed by atoms with Crippen molar-refractivity contribution in [2.75, 3.05) is 19.8 Å². The van der Waals surface area contributed by atoms with Crippen LogP contribution in [0.3, 0.4) is 0 Å². The highest BCUT2D eigenvalue weighted by atomic mass is 16.5. The number of nitrogens with one attached hydrogen (secondary N) is 1. The highest BCUT2D eigenvalue weighted by molar-refractivity contribution is 5.29. The number of rotatable bonds is 7. The molecule has 0 amide bonds. The Bertz CT molecular complexity index is 357. The first-order chi connectivity index (χ1) is 9.33. The summed E-state index contributed by atoms with van der Waals surface area (Å²) in [5, 5.41) is 3.67. The third-order valence-corrected chi connectivity index (χ3v) is 4.45. The largest absolute Gasteiger partial charge is 0.380 e. The summed E-state index contributed by atoms with van der Waals surface area (Å²) in [6.07, 6.45) is 5.23. The van der Waals surface area contributed by atoms with Crippen molar-refractivity contribution >= 4 is 0 Å². The van der Waals surface area contributed by atoms with Crippen LogP contribution in [0.4, 0.5) is 0 Å². The van der Waals surface area contributed by atoms with Gasteiger partial charge in [0.1, 0.15) is 0 Å². The summed E-state index contributed by atoms with van der Waals surface area (Å²) in [6.45, 7) is 6.89. The van der Waals surface area contributed by atoms with Gasteiger partial charge in [-0.25, -0.2) is 0 Å². The molecule has 0 heterocycles. The van der Waals surface area contributed by atoms with Gasteiger partial charge in [-0.15, -0.1) is 0 Å². The van der Waals surface area contributed by atoms with E-state index in [4.69, 9.17) is 4.74 Å². The minimum absolute atomic E-state index is 0.270. The smallest absolute Gasteiger partial charge is 0.0628 e. The Morgan fingerprint density at radius 3 is 2.42 bits per heavy atom. The minimum atomic E-state index is 0.270. The Labute approximate surface area is 117 Å². The maximum Gasteiger partial charge on any atom is 0.0628 e. The lowest BCUT2D eigenvalue weighted by Gasteiger charge is -2.38. The van der Waals surface area contributed by atoms with E-state index in [1.54, 1.807) is 0 Å². The normalized spacial score (nSPS) is 19.5. The molecule has 2 nitrogen and oxygen atoms in total. The van der Waals surface area contributed by atoms with Crippen molar-refractivity contribution in [3.05, 3.63) is 35.9 Å². The lowest BCUT2D eigenvalue weighted by atomic mass is 9.73. The molecule has 1 N–H and O–H groups in total. The van der Waals surface area contributed by atoms with Crippen molar-refractivity contribution in [2.24, 2.45) is 0 Å². The fourth-order valence-corrected chi connectivity index (χ4v) is 3.51. The molecule has 0 aromatic heterocycles. The molecule has 1 atom stereocenters. The predicted octanol–water partition coefficient (Wildman–Crippen LogP) is 3.51. The quantitative estimate of drug-likeness (QED) is 0.811. The van der Waals surface area contributed by atoms with Crippen LogP contribution < -0.4 is 5.32 Å². The number of likely N-dealkylation sites (N-methyl/N-ethyl adjacent to an activating group) is 1. The van der Waals surface area contributed by atoms with Gasteiger partial charge in [0.05, 0.1) is 6.61 Å². The molecule has 2 heteroatoms. The predicted molar refractivity (Wildman–Crippen MR) is 80.5 cm³/mol. The molecule has 1 saturated carbocycles. The van der Waals surface area contributed by atoms with Gasteiger partial charge in [-0.2, -0.15) is 0 Å². The Hall–Kier alpha value is -0.860. The van der Waals surface area contributed by atoms with E-state index in [0.717, 1.165) is 19.8 Å². The highest BCUT2D eigenvalue weighted by Gasteiger charge is 2.42. The van der Waals surface area contributed by atoms with E-state index in [2.05, 4.69) is 49.5 Å². The molecule has 1 fully saturated rings. The van der Waals surface area contributed by atoms with Gasteiger partial charge >= 0.3 is 0 Å². The van der Waals surface area contributed by atoms with E-state index >= 15 is 0 Å². The molecule has 1 unspecified atom stereocenters. The molecule has 0 aliphatic heterocycles. The van der Waals surface area contributed by atoms with Crippen molar-refractivity contribution in [3.63, 3.8) is 0 Å². The molecule has 0 radical (unpaired) electrons. The van der Waals surface area contributed by atoms with Crippen molar-refractivity contribution in [1.82, 2.24) is 5.32 Å². The van der Waals surface area contributed by atoms with Crippen molar-refractivity contribution in [2.45, 2.75) is 51.0 Å². The first-order valence-electron chi connectivity index (χ1n) is 7.70. The molecular formula is C17H27NO. The summed E-state index contributed by atoms with van der Waals surface area (Å²) in [7, 11) is 0. The Morgan fingerprint density at radius 1 is 1.16 bits per heavy atom. The summed E-state index contributed by atoms with van der Waals surface area (Å²) < 4.78 is 5.74. The number of benzene rings is 1. The fourth-order valence-electron chi connectivity index (χ4n) is 3.51. The van der Waals surface area contributed by atoms with Gasteiger partial charge in [0.15, 0.2) is 0 Å². The fraction of sp³-hybridized carbons (Fsp3) is 0.647. The van der Waals surface area contributed by atoms with Crippen LogP contribution in [-0.4, -0.2) is 25.8 Å². The first-order valence-corrected chi connectivity index (χ1v) is 7.70. The molecule has 1 aliphatic rings. The van der Waals surface area contributed by atoms with Crippen molar-refractivity contribution in [3.8, 4) is 0 Å². The third-order valence-electron chi connectivity index (χ3n) is 4.45. The average Bonchev–Trinajstić information content (AvgIpc) is 2.95. The summed E-state index contributed by atoms with van der Waals surface area (Å²) in [6, 6.07) is 11.5. The number of ether oxygens (including phenoxy) is 1. The highest BCUT2D eigenvalue weighted by Crippen LogP contribution is 2.43. The van der Waals surface area contributed by atoms with Crippen LogP contribution in [-0.2, 0) is 10.2 Å². The van der Waals surface area contributed by atoms with E-state index in [-0.39, 0.29) is 5.41 Å². The van der Waals surface area contributed by atoms with Gasteiger partial charge in [-0.1, -0.05) is 50.1 Å². The zero-order chi connectivity index (χ0) is 13.6. The van der Waals surface area contributed by atoms with Crippen LogP contribution in [0.5, 0.6) is 0 Å². The monoisotopic (exact) mass is 261 g/mol. The Morgan fingerprint density at radius 2 is 1.84 bits per heavy atom. The van der Waals surface area contributed by atoms with Crippen molar-refractivity contribution in [1.29, 1.82) is 0 Å². The molecule has 0 spiro atoms. The average molecular weight is 261 g/mol. The van der Waals surface area contributed by atoms with Gasteiger partial charge < -0.3 is 10.1 Å². The van der Waals surface area contributed by atoms with Gasteiger partial charge in [0.2, 0.25) is 0 Å². The SMILES string of the molecule is CCNC(COCC)C1(c2ccccc2)CCCC1. The van der Waals surface area contributed by atoms with Crippen LogP contribution in [0.2, 0.25) is 0 Å². The molecule has 19 heavy (non-hydrogen) atoms. The molecule has 106 valence electrons.